The van der Waals surface area contributed by atoms with Crippen LogP contribution in [0.3, 0.4) is 0 Å². The average molecular weight is 344 g/mol. The third-order valence-corrected chi connectivity index (χ3v) is 5.47. The summed E-state index contributed by atoms with van der Waals surface area (Å²) >= 11 is 0. The highest BCUT2D eigenvalue weighted by Crippen LogP contribution is 2.61. The summed E-state index contributed by atoms with van der Waals surface area (Å²) in [5.41, 5.74) is -0.285. The lowest BCUT2D eigenvalue weighted by Crippen LogP contribution is -2.58. The predicted octanol–water partition coefficient (Wildman–Crippen LogP) is 2.41. The fourth-order valence-electron chi connectivity index (χ4n) is 3.94. The van der Waals surface area contributed by atoms with E-state index in [9.17, 15) is 14.4 Å². The van der Waals surface area contributed by atoms with E-state index in [4.69, 9.17) is 5.11 Å². The molecule has 25 heavy (non-hydrogen) atoms. The summed E-state index contributed by atoms with van der Waals surface area (Å²) in [5.74, 6) is -1.51. The molecule has 0 bridgehead atoms. The topological polar surface area (TPSA) is 95.5 Å². The number of carbonyl (C=O) groups is 3. The Morgan fingerprint density at radius 2 is 1.60 bits per heavy atom. The van der Waals surface area contributed by atoms with Gasteiger partial charge in [-0.25, -0.2) is 0 Å². The summed E-state index contributed by atoms with van der Waals surface area (Å²) in [4.78, 5) is 35.8. The van der Waals surface area contributed by atoms with E-state index in [1.807, 2.05) is 18.2 Å². The second kappa shape index (κ2) is 6.17. The van der Waals surface area contributed by atoms with Gasteiger partial charge in [-0.3, -0.25) is 14.4 Å². The molecule has 0 aromatic heterocycles. The molecule has 134 valence electrons. The number of carboxylic acid groups (broad SMARTS) is 1. The molecule has 1 spiro atoms. The predicted molar refractivity (Wildman–Crippen MR) is 92.8 cm³/mol. The van der Waals surface area contributed by atoms with Gasteiger partial charge >= 0.3 is 5.97 Å². The number of benzene rings is 1. The fraction of sp³-hybridized carbons (Fsp3) is 0.526. The second-order valence-electron chi connectivity index (χ2n) is 7.98. The van der Waals surface area contributed by atoms with Crippen molar-refractivity contribution in [3.8, 4) is 0 Å². The molecule has 0 atom stereocenters. The highest BCUT2D eigenvalue weighted by molar-refractivity contribution is 6.00. The molecule has 0 heterocycles. The van der Waals surface area contributed by atoms with Crippen molar-refractivity contribution in [2.45, 2.75) is 45.1 Å². The smallest absolute Gasteiger partial charge is 0.306 e. The number of para-hydroxylation sites is 1. The first-order valence-corrected chi connectivity index (χ1v) is 8.62. The van der Waals surface area contributed by atoms with Crippen molar-refractivity contribution in [1.29, 1.82) is 0 Å². The normalized spacial score (nSPS) is 27.8. The molecule has 2 saturated carbocycles. The Morgan fingerprint density at radius 1 is 1.04 bits per heavy atom. The zero-order valence-corrected chi connectivity index (χ0v) is 14.5. The standard InChI is InChI=1S/C19H24N2O4/c1-18(2,17(25)20-14-6-4-3-5-7-14)21-15(22)12-8-19(9-12)10-13(11-19)16(23)24/h3-7,12-13H,8-11H2,1-2H3,(H,20,25)(H,21,22)(H,23,24). The van der Waals surface area contributed by atoms with E-state index in [1.165, 1.54) is 0 Å². The molecular formula is C19H24N2O4. The van der Waals surface area contributed by atoms with Gasteiger partial charge in [-0.05, 0) is 57.1 Å². The molecule has 2 aliphatic carbocycles. The third kappa shape index (κ3) is 3.52. The van der Waals surface area contributed by atoms with Gasteiger partial charge in [0.1, 0.15) is 5.54 Å². The molecule has 6 nitrogen and oxygen atoms in total. The summed E-state index contributed by atoms with van der Waals surface area (Å²) in [6.45, 7) is 3.36. The molecule has 2 fully saturated rings. The van der Waals surface area contributed by atoms with Crippen molar-refractivity contribution < 1.29 is 19.5 Å². The van der Waals surface area contributed by atoms with Crippen LogP contribution in [0.2, 0.25) is 0 Å². The molecule has 3 N–H and O–H groups in total. The molecule has 1 aromatic carbocycles. The summed E-state index contributed by atoms with van der Waals surface area (Å²) < 4.78 is 0. The van der Waals surface area contributed by atoms with Crippen molar-refractivity contribution >= 4 is 23.5 Å². The molecule has 0 unspecified atom stereocenters. The van der Waals surface area contributed by atoms with Gasteiger partial charge in [-0.15, -0.1) is 0 Å². The van der Waals surface area contributed by atoms with Crippen LogP contribution in [-0.2, 0) is 14.4 Å². The third-order valence-electron chi connectivity index (χ3n) is 5.47. The summed E-state index contributed by atoms with van der Waals surface area (Å²) in [7, 11) is 0. The Bertz CT molecular complexity index is 685. The van der Waals surface area contributed by atoms with Gasteiger partial charge < -0.3 is 15.7 Å². The van der Waals surface area contributed by atoms with Gasteiger partial charge in [0.2, 0.25) is 11.8 Å². The number of carbonyl (C=O) groups excluding carboxylic acids is 2. The van der Waals surface area contributed by atoms with Crippen LogP contribution in [0.5, 0.6) is 0 Å². The van der Waals surface area contributed by atoms with E-state index in [1.54, 1.807) is 26.0 Å². The molecule has 3 rings (SSSR count). The van der Waals surface area contributed by atoms with Crippen LogP contribution in [0, 0.1) is 17.3 Å². The number of amides is 2. The van der Waals surface area contributed by atoms with Crippen molar-refractivity contribution in [2.24, 2.45) is 17.3 Å². The van der Waals surface area contributed by atoms with E-state index in [2.05, 4.69) is 10.6 Å². The highest BCUT2D eigenvalue weighted by Gasteiger charge is 2.56. The maximum atomic E-state index is 12.4. The lowest BCUT2D eigenvalue weighted by atomic mass is 9.48. The molecule has 0 saturated heterocycles. The Kier molecular flexibility index (Phi) is 4.31. The maximum absolute atomic E-state index is 12.4. The molecule has 2 amide bonds. The lowest BCUT2D eigenvalue weighted by molar-refractivity contribution is -0.161. The zero-order valence-electron chi connectivity index (χ0n) is 14.5. The van der Waals surface area contributed by atoms with Gasteiger partial charge in [0.25, 0.3) is 0 Å². The monoisotopic (exact) mass is 344 g/mol. The molecule has 6 heteroatoms. The molecule has 0 radical (unpaired) electrons. The Hall–Kier alpha value is -2.37. The highest BCUT2D eigenvalue weighted by atomic mass is 16.4. The maximum Gasteiger partial charge on any atom is 0.306 e. The first-order valence-electron chi connectivity index (χ1n) is 8.62. The van der Waals surface area contributed by atoms with E-state index in [0.29, 0.717) is 18.5 Å². The van der Waals surface area contributed by atoms with E-state index in [0.717, 1.165) is 12.8 Å². The van der Waals surface area contributed by atoms with Crippen LogP contribution in [0.15, 0.2) is 30.3 Å². The number of anilines is 1. The number of aliphatic carboxylic acids is 1. The summed E-state index contributed by atoms with van der Waals surface area (Å²) in [6.07, 6.45) is 2.78. The van der Waals surface area contributed by atoms with Crippen LogP contribution < -0.4 is 10.6 Å². The van der Waals surface area contributed by atoms with Crippen molar-refractivity contribution in [1.82, 2.24) is 5.32 Å². The largest absolute Gasteiger partial charge is 0.481 e. The minimum Gasteiger partial charge on any atom is -0.481 e. The van der Waals surface area contributed by atoms with Gasteiger partial charge in [0.05, 0.1) is 5.92 Å². The fourth-order valence-corrected chi connectivity index (χ4v) is 3.94. The Balaban J connectivity index is 1.49. The number of carboxylic acids is 1. The minimum absolute atomic E-state index is 0.0432. The number of rotatable bonds is 5. The van der Waals surface area contributed by atoms with Crippen LogP contribution in [0.1, 0.15) is 39.5 Å². The first-order chi connectivity index (χ1) is 11.7. The van der Waals surface area contributed by atoms with E-state index < -0.39 is 11.5 Å². The number of hydrogen-bond acceptors (Lipinski definition) is 3. The lowest BCUT2D eigenvalue weighted by Gasteiger charge is -2.56. The molecule has 0 aliphatic heterocycles. The zero-order chi connectivity index (χ0) is 18.2. The van der Waals surface area contributed by atoms with Crippen molar-refractivity contribution in [3.05, 3.63) is 30.3 Å². The van der Waals surface area contributed by atoms with Crippen molar-refractivity contribution in [2.75, 3.05) is 5.32 Å². The minimum atomic E-state index is -1.01. The average Bonchev–Trinajstić information content (AvgIpc) is 2.44. The summed E-state index contributed by atoms with van der Waals surface area (Å²) in [6, 6.07) is 9.11. The second-order valence-corrected chi connectivity index (χ2v) is 7.98. The summed E-state index contributed by atoms with van der Waals surface area (Å²) in [5, 5.41) is 14.6. The quantitative estimate of drug-likeness (QED) is 0.764. The van der Waals surface area contributed by atoms with Crippen LogP contribution in [0.25, 0.3) is 0 Å². The van der Waals surface area contributed by atoms with Gasteiger partial charge in [0.15, 0.2) is 0 Å². The van der Waals surface area contributed by atoms with Crippen LogP contribution in [0.4, 0.5) is 5.69 Å². The number of hydrogen-bond donors (Lipinski definition) is 3. The molecule has 2 aliphatic rings. The van der Waals surface area contributed by atoms with E-state index in [-0.39, 0.29) is 29.1 Å². The molecular weight excluding hydrogens is 320 g/mol. The Labute approximate surface area is 147 Å². The van der Waals surface area contributed by atoms with Gasteiger partial charge in [-0.2, -0.15) is 0 Å². The van der Waals surface area contributed by atoms with Gasteiger partial charge in [0, 0.05) is 11.6 Å². The number of nitrogens with one attached hydrogen (secondary N) is 2. The molecule has 1 aromatic rings. The van der Waals surface area contributed by atoms with Crippen LogP contribution >= 0.6 is 0 Å². The SMILES string of the molecule is CC(C)(NC(=O)C1CC2(CC(C(=O)O)C2)C1)C(=O)Nc1ccccc1. The van der Waals surface area contributed by atoms with Crippen LogP contribution in [-0.4, -0.2) is 28.4 Å². The van der Waals surface area contributed by atoms with E-state index >= 15 is 0 Å². The van der Waals surface area contributed by atoms with Crippen molar-refractivity contribution in [3.63, 3.8) is 0 Å². The first kappa shape index (κ1) is 17.5. The van der Waals surface area contributed by atoms with Gasteiger partial charge in [-0.1, -0.05) is 18.2 Å². The Morgan fingerprint density at radius 3 is 2.16 bits per heavy atom.